The van der Waals surface area contributed by atoms with Crippen molar-refractivity contribution in [3.05, 3.63) is 6.20 Å². The lowest BCUT2D eigenvalue weighted by Crippen LogP contribution is -2.11. The van der Waals surface area contributed by atoms with Gasteiger partial charge in [-0.2, -0.15) is 5.10 Å². The third-order valence-corrected chi connectivity index (χ3v) is 2.08. The van der Waals surface area contributed by atoms with Crippen LogP contribution in [0.15, 0.2) is 6.20 Å². The van der Waals surface area contributed by atoms with Gasteiger partial charge in [-0.05, 0) is 13.8 Å². The molecular formula is C9H13N3O2. The Balaban J connectivity index is 2.37. The van der Waals surface area contributed by atoms with Gasteiger partial charge < -0.3 is 10.1 Å². The lowest BCUT2D eigenvalue weighted by atomic mass is 10.4. The highest BCUT2D eigenvalue weighted by Gasteiger charge is 2.19. The molecule has 0 saturated carbocycles. The Labute approximate surface area is 82.0 Å². The number of anilines is 1. The molecule has 76 valence electrons. The van der Waals surface area contributed by atoms with Crippen molar-refractivity contribution in [2.75, 3.05) is 11.9 Å². The predicted octanol–water partition coefficient (Wildman–Crippen LogP) is 1.18. The van der Waals surface area contributed by atoms with Crippen molar-refractivity contribution in [1.29, 1.82) is 0 Å². The number of amides is 1. The number of ether oxygens (including phenoxy) is 1. The van der Waals surface area contributed by atoms with E-state index in [1.54, 1.807) is 10.9 Å². The average Bonchev–Trinajstić information content (AvgIpc) is 2.41. The van der Waals surface area contributed by atoms with Gasteiger partial charge in [0.1, 0.15) is 5.69 Å². The Bertz CT molecular complexity index is 357. The molecule has 0 saturated heterocycles. The largest absolute Gasteiger partial charge is 0.476 e. The number of hydrogen-bond acceptors (Lipinski definition) is 3. The fraction of sp³-hybridized carbons (Fsp3) is 0.556. The molecule has 0 unspecified atom stereocenters. The first-order chi connectivity index (χ1) is 6.68. The maximum atomic E-state index is 11.2. The van der Waals surface area contributed by atoms with E-state index in [1.165, 1.54) is 0 Å². The SMILES string of the molecule is CC(C)n1ncc2c1OCCC(=O)N2. The topological polar surface area (TPSA) is 56.2 Å². The zero-order valence-electron chi connectivity index (χ0n) is 8.28. The van der Waals surface area contributed by atoms with Gasteiger partial charge in [0.25, 0.3) is 0 Å². The molecule has 1 aromatic rings. The fourth-order valence-corrected chi connectivity index (χ4v) is 1.40. The molecule has 2 heterocycles. The molecule has 5 heteroatoms. The van der Waals surface area contributed by atoms with Crippen molar-refractivity contribution >= 4 is 11.6 Å². The average molecular weight is 195 g/mol. The summed E-state index contributed by atoms with van der Waals surface area (Å²) >= 11 is 0. The summed E-state index contributed by atoms with van der Waals surface area (Å²) in [6.45, 7) is 4.45. The number of nitrogens with zero attached hydrogens (tertiary/aromatic N) is 2. The quantitative estimate of drug-likeness (QED) is 0.732. The van der Waals surface area contributed by atoms with Crippen molar-refractivity contribution < 1.29 is 9.53 Å². The highest BCUT2D eigenvalue weighted by atomic mass is 16.5. The van der Waals surface area contributed by atoms with Gasteiger partial charge in [-0.3, -0.25) is 4.79 Å². The smallest absolute Gasteiger partial charge is 0.236 e. The van der Waals surface area contributed by atoms with Crippen molar-refractivity contribution in [3.63, 3.8) is 0 Å². The third-order valence-electron chi connectivity index (χ3n) is 2.08. The first-order valence-electron chi connectivity index (χ1n) is 4.68. The van der Waals surface area contributed by atoms with Crippen LogP contribution in [0.2, 0.25) is 0 Å². The van der Waals surface area contributed by atoms with Crippen LogP contribution in [0.25, 0.3) is 0 Å². The van der Waals surface area contributed by atoms with E-state index >= 15 is 0 Å². The molecule has 0 aliphatic carbocycles. The van der Waals surface area contributed by atoms with E-state index in [1.807, 2.05) is 13.8 Å². The molecule has 1 aliphatic rings. The Kier molecular flexibility index (Phi) is 2.15. The van der Waals surface area contributed by atoms with Crippen LogP contribution in [0.5, 0.6) is 5.88 Å². The molecule has 0 fully saturated rings. The minimum Gasteiger partial charge on any atom is -0.476 e. The standard InChI is InChI=1S/C9H13N3O2/c1-6(2)12-9-7(5-10-12)11-8(13)3-4-14-9/h5-6H,3-4H2,1-2H3,(H,11,13). The van der Waals surface area contributed by atoms with Gasteiger partial charge in [-0.15, -0.1) is 0 Å². The summed E-state index contributed by atoms with van der Waals surface area (Å²) in [5.41, 5.74) is 0.668. The van der Waals surface area contributed by atoms with Gasteiger partial charge in [0.05, 0.1) is 25.3 Å². The summed E-state index contributed by atoms with van der Waals surface area (Å²) in [6, 6.07) is 0.230. The van der Waals surface area contributed by atoms with E-state index in [0.29, 0.717) is 24.6 Å². The van der Waals surface area contributed by atoms with Gasteiger partial charge in [0.15, 0.2) is 0 Å². The second-order valence-corrected chi connectivity index (χ2v) is 3.55. The normalized spacial score (nSPS) is 15.8. The molecule has 0 radical (unpaired) electrons. The summed E-state index contributed by atoms with van der Waals surface area (Å²) in [5, 5.41) is 6.90. The fourth-order valence-electron chi connectivity index (χ4n) is 1.40. The molecule has 0 aromatic carbocycles. The monoisotopic (exact) mass is 195 g/mol. The number of carbonyl (C=O) groups is 1. The molecule has 1 aliphatic heterocycles. The zero-order valence-corrected chi connectivity index (χ0v) is 8.28. The van der Waals surface area contributed by atoms with Gasteiger partial charge in [0.2, 0.25) is 11.8 Å². The van der Waals surface area contributed by atoms with Gasteiger partial charge >= 0.3 is 0 Å². The van der Waals surface area contributed by atoms with Gasteiger partial charge in [-0.25, -0.2) is 4.68 Å². The Morgan fingerprint density at radius 1 is 1.64 bits per heavy atom. The minimum atomic E-state index is -0.0212. The number of rotatable bonds is 1. The second kappa shape index (κ2) is 3.32. The summed E-state index contributed by atoms with van der Waals surface area (Å²) in [4.78, 5) is 11.2. The van der Waals surface area contributed by atoms with Crippen LogP contribution in [0.3, 0.4) is 0 Å². The summed E-state index contributed by atoms with van der Waals surface area (Å²) < 4.78 is 7.23. The van der Waals surface area contributed by atoms with Crippen molar-refractivity contribution in [3.8, 4) is 5.88 Å². The summed E-state index contributed by atoms with van der Waals surface area (Å²) in [6.07, 6.45) is 2.02. The summed E-state index contributed by atoms with van der Waals surface area (Å²) in [7, 11) is 0. The Morgan fingerprint density at radius 3 is 3.14 bits per heavy atom. The zero-order chi connectivity index (χ0) is 10.1. The molecule has 14 heavy (non-hydrogen) atoms. The van der Waals surface area contributed by atoms with Crippen LogP contribution < -0.4 is 10.1 Å². The molecule has 5 nitrogen and oxygen atoms in total. The van der Waals surface area contributed by atoms with Gasteiger partial charge in [0, 0.05) is 0 Å². The molecule has 1 amide bonds. The van der Waals surface area contributed by atoms with Crippen molar-refractivity contribution in [2.24, 2.45) is 0 Å². The molecule has 2 rings (SSSR count). The number of carbonyl (C=O) groups excluding carboxylic acids is 1. The number of aromatic nitrogens is 2. The van der Waals surface area contributed by atoms with Crippen LogP contribution >= 0.6 is 0 Å². The third kappa shape index (κ3) is 1.45. The second-order valence-electron chi connectivity index (χ2n) is 3.55. The maximum Gasteiger partial charge on any atom is 0.236 e. The highest BCUT2D eigenvalue weighted by Crippen LogP contribution is 2.28. The molecule has 0 bridgehead atoms. The first kappa shape index (κ1) is 9.05. The maximum absolute atomic E-state index is 11.2. The molecule has 1 N–H and O–H groups in total. The van der Waals surface area contributed by atoms with Crippen LogP contribution in [-0.2, 0) is 4.79 Å². The summed E-state index contributed by atoms with van der Waals surface area (Å²) in [5.74, 6) is 0.637. The number of fused-ring (bicyclic) bond motifs is 1. The number of nitrogens with one attached hydrogen (secondary N) is 1. The predicted molar refractivity (Wildman–Crippen MR) is 51.4 cm³/mol. The van der Waals surface area contributed by atoms with E-state index in [0.717, 1.165) is 0 Å². The molecular weight excluding hydrogens is 182 g/mol. The molecule has 0 atom stereocenters. The van der Waals surface area contributed by atoms with Crippen LogP contribution in [0.4, 0.5) is 5.69 Å². The first-order valence-corrected chi connectivity index (χ1v) is 4.68. The lowest BCUT2D eigenvalue weighted by Gasteiger charge is -2.10. The number of hydrogen-bond donors (Lipinski definition) is 1. The molecule has 1 aromatic heterocycles. The highest BCUT2D eigenvalue weighted by molar-refractivity contribution is 5.92. The van der Waals surface area contributed by atoms with E-state index in [-0.39, 0.29) is 11.9 Å². The Hall–Kier alpha value is -1.52. The minimum absolute atomic E-state index is 0.0212. The van der Waals surface area contributed by atoms with Crippen molar-refractivity contribution in [1.82, 2.24) is 9.78 Å². The van der Waals surface area contributed by atoms with E-state index < -0.39 is 0 Å². The lowest BCUT2D eigenvalue weighted by molar-refractivity contribution is -0.116. The molecule has 0 spiro atoms. The van der Waals surface area contributed by atoms with E-state index in [2.05, 4.69) is 10.4 Å². The van der Waals surface area contributed by atoms with Gasteiger partial charge in [-0.1, -0.05) is 0 Å². The Morgan fingerprint density at radius 2 is 2.43 bits per heavy atom. The van der Waals surface area contributed by atoms with Crippen LogP contribution in [0, 0.1) is 0 Å². The van der Waals surface area contributed by atoms with Crippen LogP contribution in [-0.4, -0.2) is 22.3 Å². The van der Waals surface area contributed by atoms with Crippen LogP contribution in [0.1, 0.15) is 26.3 Å². The van der Waals surface area contributed by atoms with Crippen molar-refractivity contribution in [2.45, 2.75) is 26.3 Å². The van der Waals surface area contributed by atoms with E-state index in [4.69, 9.17) is 4.74 Å². The van der Waals surface area contributed by atoms with E-state index in [9.17, 15) is 4.79 Å².